The van der Waals surface area contributed by atoms with E-state index in [1.54, 1.807) is 31.2 Å². The van der Waals surface area contributed by atoms with Crippen molar-refractivity contribution in [2.45, 2.75) is 18.0 Å². The number of hydrogen-bond donors (Lipinski definition) is 1. The van der Waals surface area contributed by atoms with Gasteiger partial charge in [0, 0.05) is 17.8 Å². The highest BCUT2D eigenvalue weighted by molar-refractivity contribution is 7.89. The molecule has 1 heterocycles. The Morgan fingerprint density at radius 3 is 2.62 bits per heavy atom. The summed E-state index contributed by atoms with van der Waals surface area (Å²) < 4.78 is 45.5. The molecule has 1 aromatic carbocycles. The second-order valence-electron chi connectivity index (χ2n) is 4.38. The molecule has 112 valence electrons. The zero-order valence-electron chi connectivity index (χ0n) is 11.6. The van der Waals surface area contributed by atoms with Crippen LogP contribution in [0.15, 0.2) is 47.6 Å². The minimum Gasteiger partial charge on any atom is -0.496 e. The van der Waals surface area contributed by atoms with Crippen LogP contribution in [0.25, 0.3) is 0 Å². The Balaban J connectivity index is 2.31. The van der Waals surface area contributed by atoms with E-state index in [0.717, 1.165) is 6.07 Å². The van der Waals surface area contributed by atoms with Crippen LogP contribution in [0.3, 0.4) is 0 Å². The summed E-state index contributed by atoms with van der Waals surface area (Å²) in [4.78, 5) is 3.58. The fraction of sp³-hybridized carbons (Fsp3) is 0.214. The Hall–Kier alpha value is -1.99. The summed E-state index contributed by atoms with van der Waals surface area (Å²) in [7, 11) is -2.56. The lowest BCUT2D eigenvalue weighted by atomic mass is 10.1. The first-order chi connectivity index (χ1) is 9.95. The number of aromatic nitrogens is 1. The lowest BCUT2D eigenvalue weighted by Crippen LogP contribution is -2.28. The highest BCUT2D eigenvalue weighted by Crippen LogP contribution is 2.25. The number of nitrogens with one attached hydrogen (secondary N) is 1. The molecule has 0 spiro atoms. The molecule has 0 aliphatic carbocycles. The third kappa shape index (κ3) is 3.37. The molecular weight excluding hydrogens is 295 g/mol. The second-order valence-corrected chi connectivity index (χ2v) is 6.00. The van der Waals surface area contributed by atoms with Crippen LogP contribution in [0.4, 0.5) is 4.39 Å². The van der Waals surface area contributed by atoms with Crippen molar-refractivity contribution in [1.82, 2.24) is 9.71 Å². The van der Waals surface area contributed by atoms with Gasteiger partial charge in [0.25, 0.3) is 10.0 Å². The van der Waals surface area contributed by atoms with Crippen molar-refractivity contribution >= 4 is 10.0 Å². The molecule has 7 heteroatoms. The molecule has 0 radical (unpaired) electrons. The van der Waals surface area contributed by atoms with E-state index in [2.05, 4.69) is 9.71 Å². The van der Waals surface area contributed by atoms with Crippen molar-refractivity contribution in [3.8, 4) is 5.75 Å². The van der Waals surface area contributed by atoms with Crippen molar-refractivity contribution < 1.29 is 17.5 Å². The van der Waals surface area contributed by atoms with Gasteiger partial charge in [-0.2, -0.15) is 0 Å². The highest BCUT2D eigenvalue weighted by Gasteiger charge is 2.24. The molecule has 0 aliphatic rings. The molecule has 0 amide bonds. The monoisotopic (exact) mass is 310 g/mol. The zero-order valence-corrected chi connectivity index (χ0v) is 12.4. The number of hydrogen-bond acceptors (Lipinski definition) is 4. The van der Waals surface area contributed by atoms with Crippen molar-refractivity contribution in [2.75, 3.05) is 7.11 Å². The van der Waals surface area contributed by atoms with Gasteiger partial charge in [0.05, 0.1) is 7.11 Å². The maximum atomic E-state index is 13.6. The molecule has 21 heavy (non-hydrogen) atoms. The minimum atomic E-state index is -4.05. The van der Waals surface area contributed by atoms with Crippen LogP contribution in [0.2, 0.25) is 0 Å². The van der Waals surface area contributed by atoms with E-state index in [-0.39, 0.29) is 0 Å². The summed E-state index contributed by atoms with van der Waals surface area (Å²) in [5, 5.41) is -0.619. The summed E-state index contributed by atoms with van der Waals surface area (Å²) in [6.45, 7) is 1.65. The van der Waals surface area contributed by atoms with Gasteiger partial charge >= 0.3 is 0 Å². The molecule has 1 N–H and O–H groups in total. The topological polar surface area (TPSA) is 68.3 Å². The number of pyridine rings is 1. The minimum absolute atomic E-state index is 0.550. The van der Waals surface area contributed by atoms with E-state index < -0.39 is 26.9 Å². The van der Waals surface area contributed by atoms with Gasteiger partial charge < -0.3 is 4.74 Å². The summed E-state index contributed by atoms with van der Waals surface area (Å²) >= 11 is 0. The van der Waals surface area contributed by atoms with Gasteiger partial charge in [-0.05, 0) is 25.1 Å². The first-order valence-corrected chi connectivity index (χ1v) is 7.70. The number of rotatable bonds is 5. The number of para-hydroxylation sites is 1. The molecule has 0 bridgehead atoms. The maximum Gasteiger partial charge on any atom is 0.261 e. The fourth-order valence-corrected chi connectivity index (χ4v) is 3.17. The third-order valence-electron chi connectivity index (χ3n) is 2.92. The van der Waals surface area contributed by atoms with Gasteiger partial charge in [-0.1, -0.05) is 18.2 Å². The van der Waals surface area contributed by atoms with Crippen LogP contribution in [0, 0.1) is 5.82 Å². The summed E-state index contributed by atoms with van der Waals surface area (Å²) in [6.07, 6.45) is 1.23. The molecule has 0 saturated carbocycles. The van der Waals surface area contributed by atoms with Crippen molar-refractivity contribution in [2.24, 2.45) is 0 Å². The lowest BCUT2D eigenvalue weighted by molar-refractivity contribution is 0.405. The average molecular weight is 310 g/mol. The van der Waals surface area contributed by atoms with Crippen LogP contribution in [-0.2, 0) is 10.0 Å². The van der Waals surface area contributed by atoms with Crippen molar-refractivity contribution in [1.29, 1.82) is 0 Å². The van der Waals surface area contributed by atoms with Gasteiger partial charge in [0.1, 0.15) is 5.75 Å². The molecule has 5 nitrogen and oxygen atoms in total. The SMILES string of the molecule is COc1ccccc1C(C)NS(=O)(=O)c1ncccc1F. The number of benzene rings is 1. The Labute approximate surface area is 122 Å². The quantitative estimate of drug-likeness (QED) is 0.920. The molecule has 0 fully saturated rings. The number of methoxy groups -OCH3 is 1. The Bertz CT molecular complexity index is 735. The Morgan fingerprint density at radius 1 is 1.24 bits per heavy atom. The zero-order chi connectivity index (χ0) is 15.5. The molecule has 2 rings (SSSR count). The molecule has 0 aliphatic heterocycles. The standard InChI is InChI=1S/C14H15FN2O3S/c1-10(11-6-3-4-8-13(11)20-2)17-21(18,19)14-12(15)7-5-9-16-14/h3-10,17H,1-2H3. The molecule has 2 aromatic rings. The normalized spacial score (nSPS) is 12.9. The van der Waals surface area contributed by atoms with Crippen LogP contribution in [0.5, 0.6) is 5.75 Å². The summed E-state index contributed by atoms with van der Waals surface area (Å²) in [5.74, 6) is -0.341. The van der Waals surface area contributed by atoms with Crippen LogP contribution in [0.1, 0.15) is 18.5 Å². The predicted octanol–water partition coefficient (Wildman–Crippen LogP) is 2.27. The first kappa shape index (κ1) is 15.4. The van der Waals surface area contributed by atoms with Crippen LogP contribution < -0.4 is 9.46 Å². The molecule has 1 aromatic heterocycles. The largest absolute Gasteiger partial charge is 0.496 e. The van der Waals surface area contributed by atoms with Crippen molar-refractivity contribution in [3.05, 3.63) is 54.0 Å². The number of halogens is 1. The van der Waals surface area contributed by atoms with E-state index in [1.807, 2.05) is 0 Å². The van der Waals surface area contributed by atoms with E-state index >= 15 is 0 Å². The average Bonchev–Trinajstić information content (AvgIpc) is 2.47. The Kier molecular flexibility index (Phi) is 4.54. The molecular formula is C14H15FN2O3S. The van der Waals surface area contributed by atoms with Crippen LogP contribution in [-0.4, -0.2) is 20.5 Å². The molecule has 1 atom stereocenters. The van der Waals surface area contributed by atoms with Crippen LogP contribution >= 0.6 is 0 Å². The number of ether oxygens (including phenoxy) is 1. The van der Waals surface area contributed by atoms with Gasteiger partial charge in [-0.3, -0.25) is 0 Å². The fourth-order valence-electron chi connectivity index (χ4n) is 1.95. The lowest BCUT2D eigenvalue weighted by Gasteiger charge is -2.17. The second kappa shape index (κ2) is 6.19. The summed E-state index contributed by atoms with van der Waals surface area (Å²) in [5.41, 5.74) is 0.653. The summed E-state index contributed by atoms with van der Waals surface area (Å²) in [6, 6.07) is 8.80. The van der Waals surface area contributed by atoms with E-state index in [0.29, 0.717) is 11.3 Å². The van der Waals surface area contributed by atoms with Crippen molar-refractivity contribution in [3.63, 3.8) is 0 Å². The first-order valence-electron chi connectivity index (χ1n) is 6.21. The molecule has 0 saturated heterocycles. The van der Waals surface area contributed by atoms with Gasteiger partial charge in [-0.25, -0.2) is 22.5 Å². The smallest absolute Gasteiger partial charge is 0.261 e. The number of nitrogens with zero attached hydrogens (tertiary/aromatic N) is 1. The van der Waals surface area contributed by atoms with Gasteiger partial charge in [0.2, 0.25) is 5.03 Å². The van der Waals surface area contributed by atoms with E-state index in [9.17, 15) is 12.8 Å². The van der Waals surface area contributed by atoms with Gasteiger partial charge in [-0.15, -0.1) is 0 Å². The number of sulfonamides is 1. The highest BCUT2D eigenvalue weighted by atomic mass is 32.2. The van der Waals surface area contributed by atoms with E-state index in [4.69, 9.17) is 4.74 Å². The van der Waals surface area contributed by atoms with E-state index in [1.165, 1.54) is 19.4 Å². The Morgan fingerprint density at radius 2 is 1.95 bits per heavy atom. The molecule has 1 unspecified atom stereocenters. The maximum absolute atomic E-state index is 13.6. The third-order valence-corrected chi connectivity index (χ3v) is 4.39. The van der Waals surface area contributed by atoms with Gasteiger partial charge in [0.15, 0.2) is 5.82 Å². The predicted molar refractivity (Wildman–Crippen MR) is 75.9 cm³/mol.